The maximum absolute atomic E-state index is 10.2. The van der Waals surface area contributed by atoms with Gasteiger partial charge < -0.3 is 10.0 Å². The molecule has 0 saturated carbocycles. The SMILES string of the molecule is C[C@@]12CCN(Cc3ccccc3)C1N(Cc1ccccc1)c1ccc(O)cc12. The van der Waals surface area contributed by atoms with Gasteiger partial charge in [0.05, 0.1) is 6.17 Å². The molecular weight excluding hydrogens is 344 g/mol. The van der Waals surface area contributed by atoms with Crippen LogP contribution in [-0.4, -0.2) is 22.7 Å². The zero-order chi connectivity index (χ0) is 19.1. The quantitative estimate of drug-likeness (QED) is 0.707. The predicted molar refractivity (Wildman–Crippen MR) is 113 cm³/mol. The van der Waals surface area contributed by atoms with E-state index < -0.39 is 0 Å². The normalized spacial score (nSPS) is 23.6. The highest BCUT2D eigenvalue weighted by atomic mass is 16.3. The molecule has 0 radical (unpaired) electrons. The molecule has 3 aromatic carbocycles. The average molecular weight is 370 g/mol. The minimum atomic E-state index is 0.0254. The molecule has 2 aliphatic heterocycles. The fourth-order valence-corrected chi connectivity index (χ4v) is 5.14. The molecule has 1 unspecified atom stereocenters. The fourth-order valence-electron chi connectivity index (χ4n) is 5.14. The van der Waals surface area contributed by atoms with E-state index in [-0.39, 0.29) is 5.41 Å². The van der Waals surface area contributed by atoms with Crippen LogP contribution in [0.1, 0.15) is 30.0 Å². The third kappa shape index (κ3) is 2.78. The second-order valence-electron chi connectivity index (χ2n) is 8.31. The Morgan fingerprint density at radius 1 is 0.893 bits per heavy atom. The highest BCUT2D eigenvalue weighted by Gasteiger charge is 2.54. The number of benzene rings is 3. The highest BCUT2D eigenvalue weighted by molar-refractivity contribution is 5.66. The Morgan fingerprint density at radius 2 is 1.54 bits per heavy atom. The lowest BCUT2D eigenvalue weighted by molar-refractivity contribution is 0.208. The van der Waals surface area contributed by atoms with Crippen LogP contribution in [0.3, 0.4) is 0 Å². The number of hydrogen-bond acceptors (Lipinski definition) is 3. The molecule has 1 fully saturated rings. The minimum absolute atomic E-state index is 0.0254. The molecule has 2 heterocycles. The molecule has 0 aliphatic carbocycles. The standard InChI is InChI=1S/C25H26N2O/c1-25-14-15-26(17-19-8-4-2-5-9-19)24(25)27(18-20-10-6-3-7-11-20)23-13-12-21(28)16-22(23)25/h2-13,16,24,28H,14-15,17-18H2,1H3/t24?,25-/m0/s1. The summed E-state index contributed by atoms with van der Waals surface area (Å²) in [6.07, 6.45) is 1.40. The van der Waals surface area contributed by atoms with Crippen LogP contribution in [-0.2, 0) is 18.5 Å². The number of likely N-dealkylation sites (tertiary alicyclic amines) is 1. The Bertz CT molecular complexity index is 972. The van der Waals surface area contributed by atoms with Gasteiger partial charge in [-0.15, -0.1) is 0 Å². The summed E-state index contributed by atoms with van der Waals surface area (Å²) in [7, 11) is 0. The number of aromatic hydroxyl groups is 1. The maximum Gasteiger partial charge on any atom is 0.116 e. The summed E-state index contributed by atoms with van der Waals surface area (Å²) in [6.45, 7) is 5.26. The lowest BCUT2D eigenvalue weighted by Gasteiger charge is -2.37. The van der Waals surface area contributed by atoms with Crippen molar-refractivity contribution < 1.29 is 5.11 Å². The van der Waals surface area contributed by atoms with Gasteiger partial charge in [0, 0.05) is 30.7 Å². The van der Waals surface area contributed by atoms with Crippen molar-refractivity contribution in [3.63, 3.8) is 0 Å². The second-order valence-corrected chi connectivity index (χ2v) is 8.31. The van der Waals surface area contributed by atoms with Gasteiger partial charge >= 0.3 is 0 Å². The molecule has 0 aromatic heterocycles. The molecule has 5 rings (SSSR count). The Kier molecular flexibility index (Phi) is 4.13. The average Bonchev–Trinajstić information content (AvgIpc) is 3.16. The molecule has 3 heteroatoms. The van der Waals surface area contributed by atoms with Gasteiger partial charge in [0.15, 0.2) is 0 Å². The van der Waals surface area contributed by atoms with Gasteiger partial charge in [-0.05, 0) is 41.3 Å². The Balaban J connectivity index is 1.55. The molecule has 1 N–H and O–H groups in total. The number of fused-ring (bicyclic) bond motifs is 3. The van der Waals surface area contributed by atoms with Crippen LogP contribution >= 0.6 is 0 Å². The van der Waals surface area contributed by atoms with E-state index in [1.165, 1.54) is 22.4 Å². The Morgan fingerprint density at radius 3 is 2.21 bits per heavy atom. The van der Waals surface area contributed by atoms with Crippen molar-refractivity contribution in [2.75, 3.05) is 11.4 Å². The smallest absolute Gasteiger partial charge is 0.116 e. The summed E-state index contributed by atoms with van der Waals surface area (Å²) in [6, 6.07) is 27.3. The van der Waals surface area contributed by atoms with Crippen molar-refractivity contribution in [3.05, 3.63) is 95.6 Å². The number of phenolic OH excluding ortho intramolecular Hbond substituents is 1. The van der Waals surface area contributed by atoms with Crippen LogP contribution in [0.25, 0.3) is 0 Å². The van der Waals surface area contributed by atoms with Gasteiger partial charge in [-0.25, -0.2) is 0 Å². The molecule has 2 atom stereocenters. The summed E-state index contributed by atoms with van der Waals surface area (Å²) in [4.78, 5) is 5.15. The monoisotopic (exact) mass is 370 g/mol. The van der Waals surface area contributed by atoms with E-state index in [0.29, 0.717) is 11.9 Å². The zero-order valence-electron chi connectivity index (χ0n) is 16.3. The van der Waals surface area contributed by atoms with Crippen LogP contribution in [0.15, 0.2) is 78.9 Å². The molecule has 3 aromatic rings. The molecule has 0 bridgehead atoms. The summed E-state index contributed by atoms with van der Waals surface area (Å²) in [5.41, 5.74) is 5.23. The third-order valence-corrected chi connectivity index (χ3v) is 6.46. The Hall–Kier alpha value is -2.78. The summed E-state index contributed by atoms with van der Waals surface area (Å²) >= 11 is 0. The van der Waals surface area contributed by atoms with E-state index in [4.69, 9.17) is 0 Å². The molecule has 1 saturated heterocycles. The van der Waals surface area contributed by atoms with E-state index >= 15 is 0 Å². The first kappa shape index (κ1) is 17.3. The molecule has 2 aliphatic rings. The van der Waals surface area contributed by atoms with Crippen LogP contribution in [0, 0.1) is 0 Å². The number of hydrogen-bond donors (Lipinski definition) is 1. The number of rotatable bonds is 4. The molecule has 28 heavy (non-hydrogen) atoms. The topological polar surface area (TPSA) is 26.7 Å². The van der Waals surface area contributed by atoms with E-state index in [2.05, 4.69) is 83.5 Å². The predicted octanol–water partition coefficient (Wildman–Crippen LogP) is 4.90. The summed E-state index contributed by atoms with van der Waals surface area (Å²) < 4.78 is 0. The first-order valence-corrected chi connectivity index (χ1v) is 10.1. The Labute approximate surface area is 166 Å². The van der Waals surface area contributed by atoms with Crippen LogP contribution in [0.4, 0.5) is 5.69 Å². The maximum atomic E-state index is 10.2. The summed E-state index contributed by atoms with van der Waals surface area (Å²) in [5, 5.41) is 10.2. The van der Waals surface area contributed by atoms with Crippen molar-refractivity contribution >= 4 is 5.69 Å². The van der Waals surface area contributed by atoms with Crippen molar-refractivity contribution in [2.24, 2.45) is 0 Å². The van der Waals surface area contributed by atoms with Crippen molar-refractivity contribution in [3.8, 4) is 5.75 Å². The first-order chi connectivity index (χ1) is 13.6. The lowest BCUT2D eigenvalue weighted by Crippen LogP contribution is -2.48. The third-order valence-electron chi connectivity index (χ3n) is 6.46. The number of nitrogens with zero attached hydrogens (tertiary/aromatic N) is 2. The molecule has 0 amide bonds. The van der Waals surface area contributed by atoms with E-state index in [0.717, 1.165) is 26.1 Å². The van der Waals surface area contributed by atoms with Crippen LogP contribution < -0.4 is 4.90 Å². The van der Waals surface area contributed by atoms with Gasteiger partial charge in [0.25, 0.3) is 0 Å². The van der Waals surface area contributed by atoms with Gasteiger partial charge in [-0.2, -0.15) is 0 Å². The van der Waals surface area contributed by atoms with E-state index in [1.807, 2.05) is 12.1 Å². The van der Waals surface area contributed by atoms with Gasteiger partial charge in [0.2, 0.25) is 0 Å². The molecule has 0 spiro atoms. The molecular formula is C25H26N2O. The van der Waals surface area contributed by atoms with Gasteiger partial charge in [-0.3, -0.25) is 4.90 Å². The van der Waals surface area contributed by atoms with E-state index in [1.54, 1.807) is 0 Å². The second kappa shape index (κ2) is 6.68. The van der Waals surface area contributed by atoms with Crippen molar-refractivity contribution in [1.29, 1.82) is 0 Å². The van der Waals surface area contributed by atoms with E-state index in [9.17, 15) is 5.11 Å². The molecule has 3 nitrogen and oxygen atoms in total. The van der Waals surface area contributed by atoms with Crippen LogP contribution in [0.5, 0.6) is 5.75 Å². The number of anilines is 1. The van der Waals surface area contributed by atoms with Crippen molar-refractivity contribution in [1.82, 2.24) is 4.90 Å². The van der Waals surface area contributed by atoms with Crippen LogP contribution in [0.2, 0.25) is 0 Å². The van der Waals surface area contributed by atoms with Gasteiger partial charge in [-0.1, -0.05) is 67.6 Å². The number of phenols is 1. The van der Waals surface area contributed by atoms with Crippen molar-refractivity contribution in [2.45, 2.75) is 38.0 Å². The zero-order valence-corrected chi connectivity index (χ0v) is 16.3. The fraction of sp³-hybridized carbons (Fsp3) is 0.280. The minimum Gasteiger partial charge on any atom is -0.508 e. The molecule has 142 valence electrons. The summed E-state index contributed by atoms with van der Waals surface area (Å²) in [5.74, 6) is 0.363. The lowest BCUT2D eigenvalue weighted by atomic mass is 9.81. The van der Waals surface area contributed by atoms with Gasteiger partial charge in [0.1, 0.15) is 5.75 Å². The first-order valence-electron chi connectivity index (χ1n) is 10.1. The highest BCUT2D eigenvalue weighted by Crippen LogP contribution is 2.53. The largest absolute Gasteiger partial charge is 0.508 e.